The zero-order valence-electron chi connectivity index (χ0n) is 11.6. The Morgan fingerprint density at radius 2 is 2.00 bits per heavy atom. The van der Waals surface area contributed by atoms with Crippen LogP contribution in [0.4, 0.5) is 5.82 Å². The van der Waals surface area contributed by atoms with Crippen molar-refractivity contribution in [3.8, 4) is 0 Å². The number of aromatic nitrogens is 3. The second-order valence-electron chi connectivity index (χ2n) is 4.96. The zero-order chi connectivity index (χ0) is 15.9. The number of aryl methyl sites for hydroxylation is 1. The van der Waals surface area contributed by atoms with Crippen molar-refractivity contribution in [2.75, 3.05) is 5.32 Å². The number of primary amides is 1. The molecule has 4 N–H and O–H groups in total. The number of anilines is 1. The molecular weight excluding hydrogens is 286 g/mol. The van der Waals surface area contributed by atoms with Gasteiger partial charge in [-0.15, -0.1) is 5.10 Å². The van der Waals surface area contributed by atoms with Gasteiger partial charge < -0.3 is 16.2 Å². The second kappa shape index (κ2) is 4.99. The molecule has 0 bridgehead atoms. The molecule has 1 aromatic carbocycles. The van der Waals surface area contributed by atoms with Gasteiger partial charge in [0.1, 0.15) is 11.7 Å². The van der Waals surface area contributed by atoms with Crippen molar-refractivity contribution >= 4 is 17.7 Å². The molecule has 3 rings (SSSR count). The number of aliphatic carboxylic acids is 1. The van der Waals surface area contributed by atoms with Crippen LogP contribution in [0.25, 0.3) is 0 Å². The molecule has 2 heterocycles. The van der Waals surface area contributed by atoms with E-state index in [-0.39, 0.29) is 17.2 Å². The van der Waals surface area contributed by atoms with E-state index in [1.165, 1.54) is 10.8 Å². The molecule has 2 aromatic rings. The summed E-state index contributed by atoms with van der Waals surface area (Å²) in [7, 11) is 0. The molecule has 1 amide bonds. The van der Waals surface area contributed by atoms with Crippen LogP contribution in [0.2, 0.25) is 0 Å². The number of nitrogens with two attached hydrogens (primary N) is 1. The molecule has 0 unspecified atom stereocenters. The SMILES string of the molecule is Cc1ccc([C@@H]2C=C(C(=O)O)Nc3c(C(N)=O)nnn32)cc1. The van der Waals surface area contributed by atoms with Crippen molar-refractivity contribution in [1.29, 1.82) is 0 Å². The summed E-state index contributed by atoms with van der Waals surface area (Å²) in [6.07, 6.45) is 1.51. The molecule has 0 saturated carbocycles. The molecule has 0 radical (unpaired) electrons. The lowest BCUT2D eigenvalue weighted by molar-refractivity contribution is -0.132. The lowest BCUT2D eigenvalue weighted by atomic mass is 10.0. The molecule has 0 aliphatic carbocycles. The number of carboxylic acid groups (broad SMARTS) is 1. The summed E-state index contributed by atoms with van der Waals surface area (Å²) in [6.45, 7) is 1.96. The molecule has 8 heteroatoms. The van der Waals surface area contributed by atoms with Gasteiger partial charge in [-0.2, -0.15) is 0 Å². The number of hydrogen-bond donors (Lipinski definition) is 3. The summed E-state index contributed by atoms with van der Waals surface area (Å²) in [5.41, 5.74) is 7.01. The monoisotopic (exact) mass is 299 g/mol. The Hall–Kier alpha value is -3.16. The standard InChI is InChI=1S/C14H13N5O3/c1-7-2-4-8(5-3-7)10-6-9(14(21)22)16-13-11(12(15)20)17-18-19(10)13/h2-6,10,16H,1H3,(H2,15,20)(H,21,22)/t10-/m0/s1. The number of rotatable bonds is 3. The summed E-state index contributed by atoms with van der Waals surface area (Å²) >= 11 is 0. The van der Waals surface area contributed by atoms with E-state index in [9.17, 15) is 14.7 Å². The largest absolute Gasteiger partial charge is 0.477 e. The number of nitrogens with one attached hydrogen (secondary N) is 1. The van der Waals surface area contributed by atoms with Crippen LogP contribution < -0.4 is 11.1 Å². The van der Waals surface area contributed by atoms with Gasteiger partial charge in [0.25, 0.3) is 5.91 Å². The summed E-state index contributed by atoms with van der Waals surface area (Å²) < 4.78 is 1.44. The van der Waals surface area contributed by atoms with Crippen LogP contribution in [-0.4, -0.2) is 32.0 Å². The molecule has 1 aliphatic heterocycles. The first-order valence-corrected chi connectivity index (χ1v) is 6.51. The fraction of sp³-hybridized carbons (Fsp3) is 0.143. The van der Waals surface area contributed by atoms with E-state index in [0.29, 0.717) is 0 Å². The summed E-state index contributed by atoms with van der Waals surface area (Å²) in [6, 6.07) is 7.09. The van der Waals surface area contributed by atoms with Gasteiger partial charge in [0.15, 0.2) is 11.5 Å². The van der Waals surface area contributed by atoms with Crippen LogP contribution in [0.1, 0.15) is 27.7 Å². The topological polar surface area (TPSA) is 123 Å². The van der Waals surface area contributed by atoms with E-state index < -0.39 is 17.9 Å². The number of nitrogens with zero attached hydrogens (tertiary/aromatic N) is 3. The number of carboxylic acids is 1. The van der Waals surface area contributed by atoms with E-state index in [1.54, 1.807) is 0 Å². The van der Waals surface area contributed by atoms with Crippen LogP contribution in [0.15, 0.2) is 36.0 Å². The fourth-order valence-electron chi connectivity index (χ4n) is 2.29. The first-order chi connectivity index (χ1) is 10.5. The summed E-state index contributed by atoms with van der Waals surface area (Å²) in [5, 5.41) is 19.5. The lowest BCUT2D eigenvalue weighted by Gasteiger charge is -2.23. The highest BCUT2D eigenvalue weighted by Gasteiger charge is 2.29. The van der Waals surface area contributed by atoms with Crippen molar-refractivity contribution in [2.24, 2.45) is 5.73 Å². The highest BCUT2D eigenvalue weighted by molar-refractivity contribution is 5.98. The van der Waals surface area contributed by atoms with E-state index in [0.717, 1.165) is 11.1 Å². The predicted molar refractivity (Wildman–Crippen MR) is 77.2 cm³/mol. The molecule has 8 nitrogen and oxygen atoms in total. The lowest BCUT2D eigenvalue weighted by Crippen LogP contribution is -2.25. The highest BCUT2D eigenvalue weighted by atomic mass is 16.4. The number of hydrogen-bond acceptors (Lipinski definition) is 5. The molecule has 112 valence electrons. The molecule has 1 aromatic heterocycles. The Balaban J connectivity index is 2.15. The van der Waals surface area contributed by atoms with Crippen molar-refractivity contribution in [1.82, 2.24) is 15.0 Å². The Kier molecular flexibility index (Phi) is 3.13. The number of fused-ring (bicyclic) bond motifs is 1. The number of carbonyl (C=O) groups excluding carboxylic acids is 1. The van der Waals surface area contributed by atoms with Crippen molar-refractivity contribution in [3.63, 3.8) is 0 Å². The third kappa shape index (κ3) is 2.20. The molecule has 0 saturated heterocycles. The van der Waals surface area contributed by atoms with Gasteiger partial charge in [-0.25, -0.2) is 9.48 Å². The third-order valence-electron chi connectivity index (χ3n) is 3.42. The molecule has 0 fully saturated rings. The van der Waals surface area contributed by atoms with Gasteiger partial charge in [0.2, 0.25) is 0 Å². The minimum atomic E-state index is -1.14. The van der Waals surface area contributed by atoms with Gasteiger partial charge >= 0.3 is 5.97 Å². The number of amides is 1. The summed E-state index contributed by atoms with van der Waals surface area (Å²) in [5.74, 6) is -1.74. The number of carbonyl (C=O) groups is 2. The zero-order valence-corrected chi connectivity index (χ0v) is 11.6. The minimum Gasteiger partial charge on any atom is -0.477 e. The van der Waals surface area contributed by atoms with Gasteiger partial charge in [0, 0.05) is 0 Å². The van der Waals surface area contributed by atoms with Gasteiger partial charge in [-0.1, -0.05) is 35.0 Å². The van der Waals surface area contributed by atoms with Crippen LogP contribution in [0.5, 0.6) is 0 Å². The average Bonchev–Trinajstić information content (AvgIpc) is 2.91. The molecule has 0 spiro atoms. The third-order valence-corrected chi connectivity index (χ3v) is 3.42. The van der Waals surface area contributed by atoms with Crippen molar-refractivity contribution in [2.45, 2.75) is 13.0 Å². The van der Waals surface area contributed by atoms with E-state index in [2.05, 4.69) is 15.6 Å². The maximum Gasteiger partial charge on any atom is 0.352 e. The fourth-order valence-corrected chi connectivity index (χ4v) is 2.29. The van der Waals surface area contributed by atoms with Crippen molar-refractivity contribution < 1.29 is 14.7 Å². The number of allylic oxidation sites excluding steroid dienone is 1. The van der Waals surface area contributed by atoms with Crippen molar-refractivity contribution in [3.05, 3.63) is 52.9 Å². The normalized spacial score (nSPS) is 16.4. The van der Waals surface area contributed by atoms with E-state index in [4.69, 9.17) is 5.73 Å². The van der Waals surface area contributed by atoms with Gasteiger partial charge in [-0.05, 0) is 18.6 Å². The minimum absolute atomic E-state index is 0.0529. The molecular formula is C14H13N5O3. The Labute approximate surface area is 125 Å². The van der Waals surface area contributed by atoms with E-state index in [1.807, 2.05) is 31.2 Å². The van der Waals surface area contributed by atoms with Gasteiger partial charge in [-0.3, -0.25) is 4.79 Å². The molecule has 1 aliphatic rings. The molecule has 1 atom stereocenters. The highest BCUT2D eigenvalue weighted by Crippen LogP contribution is 2.31. The smallest absolute Gasteiger partial charge is 0.352 e. The van der Waals surface area contributed by atoms with Crippen LogP contribution in [-0.2, 0) is 4.79 Å². The Morgan fingerprint density at radius 3 is 2.59 bits per heavy atom. The first-order valence-electron chi connectivity index (χ1n) is 6.51. The van der Waals surface area contributed by atoms with Crippen LogP contribution >= 0.6 is 0 Å². The Morgan fingerprint density at radius 1 is 1.32 bits per heavy atom. The molecule has 22 heavy (non-hydrogen) atoms. The first kappa shape index (κ1) is 13.8. The van der Waals surface area contributed by atoms with Gasteiger partial charge in [0.05, 0.1) is 0 Å². The van der Waals surface area contributed by atoms with Crippen LogP contribution in [0, 0.1) is 6.92 Å². The average molecular weight is 299 g/mol. The van der Waals surface area contributed by atoms with Crippen LogP contribution in [0.3, 0.4) is 0 Å². The predicted octanol–water partition coefficient (Wildman–Crippen LogP) is 0.669. The quantitative estimate of drug-likeness (QED) is 0.765. The maximum atomic E-state index is 11.4. The Bertz CT molecular complexity index is 791. The maximum absolute atomic E-state index is 11.4. The number of benzene rings is 1. The van der Waals surface area contributed by atoms with E-state index >= 15 is 0 Å². The second-order valence-corrected chi connectivity index (χ2v) is 4.96. The summed E-state index contributed by atoms with van der Waals surface area (Å²) in [4.78, 5) is 22.7.